The van der Waals surface area contributed by atoms with Crippen LogP contribution in [0.4, 0.5) is 0 Å². The van der Waals surface area contributed by atoms with Gasteiger partial charge in [0.15, 0.2) is 0 Å². The molecule has 1 fully saturated rings. The maximum atomic E-state index is 12.1. The molecule has 3 heterocycles. The fourth-order valence-electron chi connectivity index (χ4n) is 3.88. The summed E-state index contributed by atoms with van der Waals surface area (Å²) in [6.45, 7) is 3.94. The first-order chi connectivity index (χ1) is 13.1. The SMILES string of the molecule is CC(C)n1nc(-c2c(/C=C/C3CCCCC3)nn3ccccc23)ccc1=O. The molecule has 1 aliphatic carbocycles. The molecule has 140 valence electrons. The van der Waals surface area contributed by atoms with E-state index in [1.54, 1.807) is 6.07 Å². The highest BCUT2D eigenvalue weighted by atomic mass is 16.1. The molecule has 0 N–H and O–H groups in total. The van der Waals surface area contributed by atoms with Crippen LogP contribution in [-0.2, 0) is 0 Å². The molecule has 0 atom stereocenters. The molecule has 0 aliphatic heterocycles. The molecule has 0 amide bonds. The minimum Gasteiger partial charge on any atom is -0.268 e. The Hall–Kier alpha value is -2.69. The van der Waals surface area contributed by atoms with Crippen molar-refractivity contribution in [1.82, 2.24) is 19.4 Å². The molecule has 0 saturated heterocycles. The Kier molecular flexibility index (Phi) is 4.92. The van der Waals surface area contributed by atoms with E-state index in [-0.39, 0.29) is 11.6 Å². The van der Waals surface area contributed by atoms with Gasteiger partial charge < -0.3 is 0 Å². The first kappa shape index (κ1) is 17.7. The predicted molar refractivity (Wildman–Crippen MR) is 109 cm³/mol. The highest BCUT2D eigenvalue weighted by Gasteiger charge is 2.17. The van der Waals surface area contributed by atoms with Crippen molar-refractivity contribution in [3.05, 3.63) is 58.7 Å². The molecule has 0 spiro atoms. The van der Waals surface area contributed by atoms with Gasteiger partial charge in [0.2, 0.25) is 0 Å². The Bertz CT molecular complexity index is 1020. The van der Waals surface area contributed by atoms with Gasteiger partial charge in [-0.25, -0.2) is 9.20 Å². The van der Waals surface area contributed by atoms with Crippen molar-refractivity contribution in [2.75, 3.05) is 0 Å². The zero-order valence-corrected chi connectivity index (χ0v) is 16.0. The monoisotopic (exact) mass is 362 g/mol. The molecule has 5 heteroatoms. The molecule has 3 aromatic rings. The summed E-state index contributed by atoms with van der Waals surface area (Å²) in [5.74, 6) is 0.633. The third-order valence-electron chi connectivity index (χ3n) is 5.31. The first-order valence-electron chi connectivity index (χ1n) is 9.89. The molecule has 0 radical (unpaired) electrons. The van der Waals surface area contributed by atoms with Gasteiger partial charge in [0, 0.05) is 12.3 Å². The fourth-order valence-corrected chi connectivity index (χ4v) is 3.88. The van der Waals surface area contributed by atoms with Crippen LogP contribution in [0.5, 0.6) is 0 Å². The molecule has 0 aromatic carbocycles. The molecule has 0 unspecified atom stereocenters. The molecular weight excluding hydrogens is 336 g/mol. The second-order valence-corrected chi connectivity index (χ2v) is 7.64. The van der Waals surface area contributed by atoms with Crippen LogP contribution < -0.4 is 5.56 Å². The Morgan fingerprint density at radius 1 is 1.07 bits per heavy atom. The van der Waals surface area contributed by atoms with E-state index in [1.807, 2.05) is 48.8 Å². The largest absolute Gasteiger partial charge is 0.268 e. The van der Waals surface area contributed by atoms with Crippen molar-refractivity contribution in [3.63, 3.8) is 0 Å². The quantitative estimate of drug-likeness (QED) is 0.674. The van der Waals surface area contributed by atoms with Gasteiger partial charge in [-0.05, 0) is 56.9 Å². The standard InChI is InChI=1S/C22H26N4O/c1-16(2)26-21(27)14-13-19(24-26)22-18(12-11-17-8-4-3-5-9-17)23-25-15-7-6-10-20(22)25/h6-7,10-17H,3-5,8-9H2,1-2H3/b12-11+. The number of hydrogen-bond donors (Lipinski definition) is 0. The van der Waals surface area contributed by atoms with Crippen molar-refractivity contribution in [3.8, 4) is 11.3 Å². The average molecular weight is 362 g/mol. The zero-order valence-electron chi connectivity index (χ0n) is 16.0. The van der Waals surface area contributed by atoms with Crippen LogP contribution in [0.25, 0.3) is 22.9 Å². The van der Waals surface area contributed by atoms with Crippen molar-refractivity contribution in [2.45, 2.75) is 52.0 Å². The molecule has 27 heavy (non-hydrogen) atoms. The fraction of sp³-hybridized carbons (Fsp3) is 0.409. The molecule has 1 aliphatic rings. The van der Waals surface area contributed by atoms with Crippen molar-refractivity contribution < 1.29 is 0 Å². The lowest BCUT2D eigenvalue weighted by Crippen LogP contribution is -2.23. The Morgan fingerprint density at radius 2 is 1.89 bits per heavy atom. The van der Waals surface area contributed by atoms with Gasteiger partial charge in [-0.1, -0.05) is 31.4 Å². The minimum atomic E-state index is -0.0791. The molecule has 0 bridgehead atoms. The van der Waals surface area contributed by atoms with Crippen LogP contribution in [-0.4, -0.2) is 19.4 Å². The molecule has 5 nitrogen and oxygen atoms in total. The van der Waals surface area contributed by atoms with Gasteiger partial charge in [0.05, 0.1) is 28.5 Å². The van der Waals surface area contributed by atoms with Gasteiger partial charge >= 0.3 is 0 Å². The Labute approximate surface area is 159 Å². The summed E-state index contributed by atoms with van der Waals surface area (Å²) in [6.07, 6.45) is 12.9. The van der Waals surface area contributed by atoms with Crippen LogP contribution in [0.15, 0.2) is 47.4 Å². The lowest BCUT2D eigenvalue weighted by Gasteiger charge is -2.17. The lowest BCUT2D eigenvalue weighted by atomic mass is 9.89. The minimum absolute atomic E-state index is 0.0144. The topological polar surface area (TPSA) is 52.2 Å². The molecule has 3 aromatic heterocycles. The average Bonchev–Trinajstić information content (AvgIpc) is 3.06. The second-order valence-electron chi connectivity index (χ2n) is 7.64. The first-order valence-corrected chi connectivity index (χ1v) is 9.89. The van der Waals surface area contributed by atoms with Gasteiger partial charge in [-0.3, -0.25) is 4.79 Å². The summed E-state index contributed by atoms with van der Waals surface area (Å²) < 4.78 is 3.43. The Morgan fingerprint density at radius 3 is 2.67 bits per heavy atom. The number of nitrogens with zero attached hydrogens (tertiary/aromatic N) is 4. The summed E-state index contributed by atoms with van der Waals surface area (Å²) in [6, 6.07) is 9.45. The number of hydrogen-bond acceptors (Lipinski definition) is 3. The smallest absolute Gasteiger partial charge is 0.267 e. The van der Waals surface area contributed by atoms with E-state index in [0.717, 1.165) is 22.5 Å². The van der Waals surface area contributed by atoms with E-state index in [1.165, 1.54) is 36.8 Å². The van der Waals surface area contributed by atoms with E-state index in [9.17, 15) is 4.79 Å². The van der Waals surface area contributed by atoms with Crippen LogP contribution >= 0.6 is 0 Å². The van der Waals surface area contributed by atoms with Crippen molar-refractivity contribution in [2.24, 2.45) is 5.92 Å². The zero-order chi connectivity index (χ0) is 18.8. The number of allylic oxidation sites excluding steroid dienone is 1. The van der Waals surface area contributed by atoms with Crippen LogP contribution in [0.1, 0.15) is 57.7 Å². The summed E-state index contributed by atoms with van der Waals surface area (Å²) in [5.41, 5.74) is 3.60. The summed E-state index contributed by atoms with van der Waals surface area (Å²) in [5, 5.41) is 9.41. The molecular formula is C22H26N4O. The second kappa shape index (κ2) is 7.51. The van der Waals surface area contributed by atoms with Crippen molar-refractivity contribution >= 4 is 11.6 Å². The highest BCUT2D eigenvalue weighted by molar-refractivity contribution is 5.84. The normalized spacial score (nSPS) is 16.0. The van der Waals surface area contributed by atoms with E-state index >= 15 is 0 Å². The van der Waals surface area contributed by atoms with Gasteiger partial charge in [0.25, 0.3) is 5.56 Å². The van der Waals surface area contributed by atoms with Crippen LogP contribution in [0.3, 0.4) is 0 Å². The van der Waals surface area contributed by atoms with Gasteiger partial charge in [0.1, 0.15) is 0 Å². The third kappa shape index (κ3) is 3.59. The number of fused-ring (bicyclic) bond motifs is 1. The predicted octanol–water partition coefficient (Wildman–Crippen LogP) is 4.73. The van der Waals surface area contributed by atoms with Crippen LogP contribution in [0, 0.1) is 5.92 Å². The van der Waals surface area contributed by atoms with E-state index < -0.39 is 0 Å². The van der Waals surface area contributed by atoms with Gasteiger partial charge in [-0.2, -0.15) is 10.2 Å². The Balaban J connectivity index is 1.82. The number of pyridine rings is 1. The number of aromatic nitrogens is 4. The van der Waals surface area contributed by atoms with Crippen molar-refractivity contribution in [1.29, 1.82) is 0 Å². The maximum Gasteiger partial charge on any atom is 0.267 e. The van der Waals surface area contributed by atoms with E-state index in [4.69, 9.17) is 5.10 Å². The summed E-state index contributed by atoms with van der Waals surface area (Å²) in [4.78, 5) is 12.1. The maximum absolute atomic E-state index is 12.1. The van der Waals surface area contributed by atoms with E-state index in [0.29, 0.717) is 5.92 Å². The lowest BCUT2D eigenvalue weighted by molar-refractivity contribution is 0.420. The highest BCUT2D eigenvalue weighted by Crippen LogP contribution is 2.30. The van der Waals surface area contributed by atoms with Gasteiger partial charge in [-0.15, -0.1) is 0 Å². The number of rotatable bonds is 4. The summed E-state index contributed by atoms with van der Waals surface area (Å²) in [7, 11) is 0. The molecule has 4 rings (SSSR count). The summed E-state index contributed by atoms with van der Waals surface area (Å²) >= 11 is 0. The third-order valence-corrected chi connectivity index (χ3v) is 5.31. The molecule has 1 saturated carbocycles. The van der Waals surface area contributed by atoms with E-state index in [2.05, 4.69) is 17.3 Å². The van der Waals surface area contributed by atoms with Crippen LogP contribution in [0.2, 0.25) is 0 Å².